The molecule has 0 aromatic carbocycles. The van der Waals surface area contributed by atoms with Crippen LogP contribution in [-0.4, -0.2) is 11.0 Å². The standard InChI is InChI=1S/C20H40S/c1-2-3-4-5-6-7-8-9-13-16-19-21-20-17-14-11-10-12-15-18-20/h20H,2-19H2,1H3. The Morgan fingerprint density at radius 3 is 1.67 bits per heavy atom. The first-order valence-electron chi connectivity index (χ1n) is 10.0. The molecule has 0 unspecified atom stereocenters. The van der Waals surface area contributed by atoms with Crippen LogP contribution in [0.25, 0.3) is 0 Å². The number of hydrogen-bond acceptors (Lipinski definition) is 1. The zero-order valence-electron chi connectivity index (χ0n) is 14.7. The summed E-state index contributed by atoms with van der Waals surface area (Å²) in [6, 6.07) is 0. The summed E-state index contributed by atoms with van der Waals surface area (Å²) in [5, 5.41) is 1.00. The van der Waals surface area contributed by atoms with Crippen molar-refractivity contribution in [2.45, 2.75) is 121 Å². The van der Waals surface area contributed by atoms with E-state index in [9.17, 15) is 0 Å². The lowest BCUT2D eigenvalue weighted by Crippen LogP contribution is -2.06. The van der Waals surface area contributed by atoms with Crippen LogP contribution in [0, 0.1) is 0 Å². The second-order valence-corrected chi connectivity index (χ2v) is 8.43. The minimum Gasteiger partial charge on any atom is -0.159 e. The minimum absolute atomic E-state index is 1.00. The van der Waals surface area contributed by atoms with Gasteiger partial charge in [0.15, 0.2) is 0 Å². The second-order valence-electron chi connectivity index (χ2n) is 7.02. The molecule has 1 saturated carbocycles. The minimum atomic E-state index is 1.00. The number of hydrogen-bond donors (Lipinski definition) is 0. The van der Waals surface area contributed by atoms with Gasteiger partial charge in [-0.3, -0.25) is 0 Å². The van der Waals surface area contributed by atoms with Crippen LogP contribution in [0.3, 0.4) is 0 Å². The number of unbranched alkanes of at least 4 members (excludes halogenated alkanes) is 9. The van der Waals surface area contributed by atoms with Gasteiger partial charge in [-0.2, -0.15) is 11.8 Å². The third kappa shape index (κ3) is 12.6. The van der Waals surface area contributed by atoms with Crippen LogP contribution in [0.1, 0.15) is 116 Å². The molecule has 0 aliphatic heterocycles. The van der Waals surface area contributed by atoms with Gasteiger partial charge in [0.2, 0.25) is 0 Å². The molecule has 1 aliphatic carbocycles. The van der Waals surface area contributed by atoms with Gasteiger partial charge in [0.25, 0.3) is 0 Å². The van der Waals surface area contributed by atoms with Crippen LogP contribution in [0.2, 0.25) is 0 Å². The average molecular weight is 313 g/mol. The molecule has 0 saturated heterocycles. The molecule has 1 rings (SSSR count). The molecule has 1 aliphatic rings. The summed E-state index contributed by atoms with van der Waals surface area (Å²) in [4.78, 5) is 0. The van der Waals surface area contributed by atoms with E-state index in [4.69, 9.17) is 0 Å². The Labute approximate surface area is 139 Å². The van der Waals surface area contributed by atoms with Gasteiger partial charge in [-0.15, -0.1) is 0 Å². The molecular weight excluding hydrogens is 272 g/mol. The van der Waals surface area contributed by atoms with Crippen molar-refractivity contribution < 1.29 is 0 Å². The van der Waals surface area contributed by atoms with E-state index in [0.717, 1.165) is 5.25 Å². The van der Waals surface area contributed by atoms with Crippen molar-refractivity contribution in [3.8, 4) is 0 Å². The van der Waals surface area contributed by atoms with Gasteiger partial charge < -0.3 is 0 Å². The van der Waals surface area contributed by atoms with Crippen LogP contribution in [0.5, 0.6) is 0 Å². The van der Waals surface area contributed by atoms with Crippen LogP contribution < -0.4 is 0 Å². The van der Waals surface area contributed by atoms with Gasteiger partial charge in [-0.05, 0) is 25.0 Å². The van der Waals surface area contributed by atoms with E-state index in [0.29, 0.717) is 0 Å². The smallest absolute Gasteiger partial charge is 0.00470 e. The Morgan fingerprint density at radius 2 is 1.10 bits per heavy atom. The molecule has 0 heterocycles. The maximum absolute atomic E-state index is 2.30. The predicted octanol–water partition coefficient (Wildman–Crippen LogP) is 7.75. The third-order valence-electron chi connectivity index (χ3n) is 4.90. The monoisotopic (exact) mass is 312 g/mol. The fourth-order valence-corrected chi connectivity index (χ4v) is 4.80. The van der Waals surface area contributed by atoms with Crippen LogP contribution >= 0.6 is 11.8 Å². The first kappa shape index (κ1) is 19.4. The molecule has 126 valence electrons. The SMILES string of the molecule is CCCCCCCCCCCCSC1CCCCCCC1. The summed E-state index contributed by atoms with van der Waals surface area (Å²) in [6.45, 7) is 2.30. The highest BCUT2D eigenvalue weighted by molar-refractivity contribution is 7.99. The number of rotatable bonds is 12. The largest absolute Gasteiger partial charge is 0.159 e. The number of thioether (sulfide) groups is 1. The maximum atomic E-state index is 2.30. The molecule has 1 heteroatoms. The Hall–Kier alpha value is 0.350. The Balaban J connectivity index is 1.79. The highest BCUT2D eigenvalue weighted by atomic mass is 32.2. The molecule has 0 N–H and O–H groups in total. The van der Waals surface area contributed by atoms with Crippen molar-refractivity contribution in [2.75, 3.05) is 5.75 Å². The van der Waals surface area contributed by atoms with Gasteiger partial charge in [0, 0.05) is 5.25 Å². The van der Waals surface area contributed by atoms with Crippen molar-refractivity contribution in [2.24, 2.45) is 0 Å². The molecule has 0 nitrogen and oxygen atoms in total. The molecule has 0 spiro atoms. The predicted molar refractivity (Wildman–Crippen MR) is 100 cm³/mol. The van der Waals surface area contributed by atoms with E-state index >= 15 is 0 Å². The van der Waals surface area contributed by atoms with Crippen molar-refractivity contribution in [3.05, 3.63) is 0 Å². The molecule has 0 aromatic rings. The van der Waals surface area contributed by atoms with Crippen LogP contribution in [0.4, 0.5) is 0 Å². The molecule has 0 aromatic heterocycles. The van der Waals surface area contributed by atoms with Crippen LogP contribution in [-0.2, 0) is 0 Å². The Kier molecular flexibility index (Phi) is 14.1. The lowest BCUT2D eigenvalue weighted by Gasteiger charge is -2.19. The van der Waals surface area contributed by atoms with Crippen molar-refractivity contribution in [3.63, 3.8) is 0 Å². The molecular formula is C20H40S. The molecule has 0 amide bonds. The summed E-state index contributed by atoms with van der Waals surface area (Å²) >= 11 is 2.30. The topological polar surface area (TPSA) is 0 Å². The fourth-order valence-electron chi connectivity index (χ4n) is 3.42. The highest BCUT2D eigenvalue weighted by Crippen LogP contribution is 2.27. The van der Waals surface area contributed by atoms with E-state index in [1.165, 1.54) is 115 Å². The van der Waals surface area contributed by atoms with Crippen molar-refractivity contribution in [1.29, 1.82) is 0 Å². The lowest BCUT2D eigenvalue weighted by atomic mass is 10.0. The van der Waals surface area contributed by atoms with E-state index in [-0.39, 0.29) is 0 Å². The maximum Gasteiger partial charge on any atom is 0.00470 e. The average Bonchev–Trinajstić information content (AvgIpc) is 2.46. The van der Waals surface area contributed by atoms with E-state index in [1.54, 1.807) is 0 Å². The van der Waals surface area contributed by atoms with Crippen LogP contribution in [0.15, 0.2) is 0 Å². The molecule has 0 radical (unpaired) electrons. The molecule has 1 fully saturated rings. The first-order chi connectivity index (χ1) is 10.4. The van der Waals surface area contributed by atoms with Crippen molar-refractivity contribution >= 4 is 11.8 Å². The lowest BCUT2D eigenvalue weighted by molar-refractivity contribution is 0.512. The first-order valence-corrected chi connectivity index (χ1v) is 11.1. The zero-order valence-corrected chi connectivity index (χ0v) is 15.5. The quantitative estimate of drug-likeness (QED) is 0.332. The summed E-state index contributed by atoms with van der Waals surface area (Å²) in [5.41, 5.74) is 0. The fraction of sp³-hybridized carbons (Fsp3) is 1.00. The summed E-state index contributed by atoms with van der Waals surface area (Å²) < 4.78 is 0. The highest BCUT2D eigenvalue weighted by Gasteiger charge is 2.10. The van der Waals surface area contributed by atoms with Gasteiger partial charge in [-0.1, -0.05) is 96.8 Å². The summed E-state index contributed by atoms with van der Waals surface area (Å²) in [7, 11) is 0. The summed E-state index contributed by atoms with van der Waals surface area (Å²) in [5.74, 6) is 1.43. The normalized spacial score (nSPS) is 17.6. The van der Waals surface area contributed by atoms with Gasteiger partial charge >= 0.3 is 0 Å². The zero-order chi connectivity index (χ0) is 15.0. The molecule has 0 atom stereocenters. The molecule has 21 heavy (non-hydrogen) atoms. The van der Waals surface area contributed by atoms with Crippen molar-refractivity contribution in [1.82, 2.24) is 0 Å². The van der Waals surface area contributed by atoms with E-state index < -0.39 is 0 Å². The summed E-state index contributed by atoms with van der Waals surface area (Å²) in [6.07, 6.45) is 25.1. The van der Waals surface area contributed by atoms with Gasteiger partial charge in [-0.25, -0.2) is 0 Å². The van der Waals surface area contributed by atoms with E-state index in [2.05, 4.69) is 18.7 Å². The Bertz CT molecular complexity index is 194. The molecule has 0 bridgehead atoms. The van der Waals surface area contributed by atoms with E-state index in [1.807, 2.05) is 0 Å². The van der Waals surface area contributed by atoms with Gasteiger partial charge in [0.1, 0.15) is 0 Å². The Morgan fingerprint density at radius 1 is 0.619 bits per heavy atom. The third-order valence-corrected chi connectivity index (χ3v) is 6.37. The van der Waals surface area contributed by atoms with Gasteiger partial charge in [0.05, 0.1) is 0 Å². The second kappa shape index (κ2) is 15.3.